The van der Waals surface area contributed by atoms with Gasteiger partial charge in [-0.3, -0.25) is 9.59 Å². The van der Waals surface area contributed by atoms with Crippen LogP contribution in [0.1, 0.15) is 25.7 Å². The molecule has 2 N–H and O–H groups in total. The fourth-order valence-electron chi connectivity index (χ4n) is 1.60. The van der Waals surface area contributed by atoms with E-state index in [9.17, 15) is 9.59 Å². The Kier molecular flexibility index (Phi) is 3.06. The number of hydrogen-bond acceptors (Lipinski definition) is 2. The van der Waals surface area contributed by atoms with Gasteiger partial charge in [0.25, 0.3) is 0 Å². The summed E-state index contributed by atoms with van der Waals surface area (Å²) >= 11 is 0. The van der Waals surface area contributed by atoms with Crippen molar-refractivity contribution in [2.24, 2.45) is 5.92 Å². The molecule has 13 heavy (non-hydrogen) atoms. The largest absolute Gasteiger partial charge is 0.481 e. The van der Waals surface area contributed by atoms with Gasteiger partial charge in [0, 0.05) is 0 Å². The van der Waals surface area contributed by atoms with Gasteiger partial charge >= 0.3 is 11.9 Å². The SMILES string of the molecule is O=C(O)CC1=CC(CC(=O)O)CC1. The van der Waals surface area contributed by atoms with E-state index >= 15 is 0 Å². The maximum atomic E-state index is 10.3. The Morgan fingerprint density at radius 2 is 2.08 bits per heavy atom. The average Bonchev–Trinajstić information content (AvgIpc) is 2.33. The summed E-state index contributed by atoms with van der Waals surface area (Å²) < 4.78 is 0. The van der Waals surface area contributed by atoms with Crippen LogP contribution in [-0.2, 0) is 9.59 Å². The van der Waals surface area contributed by atoms with E-state index in [4.69, 9.17) is 10.2 Å². The van der Waals surface area contributed by atoms with Crippen LogP contribution in [0.3, 0.4) is 0 Å². The summed E-state index contributed by atoms with van der Waals surface area (Å²) in [5, 5.41) is 17.0. The minimum atomic E-state index is -0.845. The predicted octanol–water partition coefficient (Wildman–Crippen LogP) is 1.27. The molecule has 0 radical (unpaired) electrons. The zero-order chi connectivity index (χ0) is 9.84. The van der Waals surface area contributed by atoms with E-state index in [2.05, 4.69) is 0 Å². The fraction of sp³-hybridized carbons (Fsp3) is 0.556. The van der Waals surface area contributed by atoms with Gasteiger partial charge in [-0.05, 0) is 18.8 Å². The minimum absolute atomic E-state index is 0.0341. The Balaban J connectivity index is 2.43. The summed E-state index contributed by atoms with van der Waals surface area (Å²) in [4.78, 5) is 20.7. The highest BCUT2D eigenvalue weighted by Gasteiger charge is 2.19. The molecule has 1 unspecified atom stereocenters. The van der Waals surface area contributed by atoms with E-state index in [1.807, 2.05) is 0 Å². The van der Waals surface area contributed by atoms with Gasteiger partial charge in [0.05, 0.1) is 12.8 Å². The van der Waals surface area contributed by atoms with Crippen molar-refractivity contribution in [3.8, 4) is 0 Å². The van der Waals surface area contributed by atoms with E-state index < -0.39 is 11.9 Å². The minimum Gasteiger partial charge on any atom is -0.481 e. The van der Waals surface area contributed by atoms with Crippen LogP contribution in [0.25, 0.3) is 0 Å². The smallest absolute Gasteiger partial charge is 0.307 e. The Morgan fingerprint density at radius 1 is 1.38 bits per heavy atom. The lowest BCUT2D eigenvalue weighted by Crippen LogP contribution is -2.02. The zero-order valence-electron chi connectivity index (χ0n) is 7.19. The molecule has 0 fully saturated rings. The Morgan fingerprint density at radius 3 is 2.62 bits per heavy atom. The molecular formula is C9H12O4. The molecule has 0 spiro atoms. The van der Waals surface area contributed by atoms with E-state index in [0.717, 1.165) is 18.4 Å². The molecule has 4 heteroatoms. The molecule has 1 aliphatic carbocycles. The maximum absolute atomic E-state index is 10.3. The number of rotatable bonds is 4. The third-order valence-corrected chi connectivity index (χ3v) is 2.12. The standard InChI is InChI=1S/C9H12O4/c10-8(11)4-6-1-2-7(3-6)5-9(12)13/h3,6H,1-2,4-5H2,(H,10,11)(H,12,13). The molecule has 1 aliphatic rings. The quantitative estimate of drug-likeness (QED) is 0.645. The maximum Gasteiger partial charge on any atom is 0.307 e. The lowest BCUT2D eigenvalue weighted by atomic mass is 10.1. The molecular weight excluding hydrogens is 172 g/mol. The van der Waals surface area contributed by atoms with E-state index in [-0.39, 0.29) is 18.8 Å². The number of hydrogen-bond donors (Lipinski definition) is 2. The molecule has 1 atom stereocenters. The molecule has 72 valence electrons. The van der Waals surface area contributed by atoms with Gasteiger partial charge in [0.2, 0.25) is 0 Å². The first kappa shape index (κ1) is 9.77. The van der Waals surface area contributed by atoms with Crippen LogP contribution in [-0.4, -0.2) is 22.2 Å². The second kappa shape index (κ2) is 4.07. The summed E-state index contributed by atoms with van der Waals surface area (Å²) in [6.45, 7) is 0. The molecule has 4 nitrogen and oxygen atoms in total. The average molecular weight is 184 g/mol. The third kappa shape index (κ3) is 3.27. The number of carboxylic acid groups (broad SMARTS) is 2. The van der Waals surface area contributed by atoms with Crippen molar-refractivity contribution in [2.45, 2.75) is 25.7 Å². The van der Waals surface area contributed by atoms with E-state index in [1.54, 1.807) is 6.08 Å². The molecule has 0 amide bonds. The van der Waals surface area contributed by atoms with Crippen LogP contribution in [0.2, 0.25) is 0 Å². The highest BCUT2D eigenvalue weighted by atomic mass is 16.4. The van der Waals surface area contributed by atoms with Crippen molar-refractivity contribution in [1.29, 1.82) is 0 Å². The molecule has 0 aromatic heterocycles. The second-order valence-electron chi connectivity index (χ2n) is 3.29. The molecule has 0 bridgehead atoms. The van der Waals surface area contributed by atoms with E-state index in [1.165, 1.54) is 0 Å². The normalized spacial score (nSPS) is 21.2. The number of carbonyl (C=O) groups is 2. The highest BCUT2D eigenvalue weighted by molar-refractivity contribution is 5.70. The van der Waals surface area contributed by atoms with Crippen LogP contribution in [0.5, 0.6) is 0 Å². The van der Waals surface area contributed by atoms with E-state index in [0.29, 0.717) is 0 Å². The van der Waals surface area contributed by atoms with Gasteiger partial charge in [-0.1, -0.05) is 11.6 Å². The van der Waals surface area contributed by atoms with Gasteiger partial charge in [0.1, 0.15) is 0 Å². The van der Waals surface area contributed by atoms with Gasteiger partial charge in [0.15, 0.2) is 0 Å². The number of carboxylic acids is 2. The topological polar surface area (TPSA) is 74.6 Å². The fourth-order valence-corrected chi connectivity index (χ4v) is 1.60. The van der Waals surface area contributed by atoms with Crippen molar-refractivity contribution in [2.75, 3.05) is 0 Å². The molecule has 0 aliphatic heterocycles. The first-order valence-corrected chi connectivity index (χ1v) is 4.21. The summed E-state index contributed by atoms with van der Waals surface area (Å²) in [5.41, 5.74) is 0.860. The Bertz CT molecular complexity index is 254. The Hall–Kier alpha value is -1.32. The number of allylic oxidation sites excluding steroid dienone is 1. The molecule has 1 rings (SSSR count). The zero-order valence-corrected chi connectivity index (χ0v) is 7.19. The lowest BCUT2D eigenvalue weighted by molar-refractivity contribution is -0.138. The predicted molar refractivity (Wildman–Crippen MR) is 45.3 cm³/mol. The van der Waals surface area contributed by atoms with Gasteiger partial charge < -0.3 is 10.2 Å². The van der Waals surface area contributed by atoms with Crippen molar-refractivity contribution < 1.29 is 19.8 Å². The van der Waals surface area contributed by atoms with Crippen molar-refractivity contribution >= 4 is 11.9 Å². The van der Waals surface area contributed by atoms with Crippen LogP contribution in [0.15, 0.2) is 11.6 Å². The monoisotopic (exact) mass is 184 g/mol. The molecule has 0 saturated carbocycles. The first-order chi connectivity index (χ1) is 6.08. The summed E-state index contributed by atoms with van der Waals surface area (Å²) in [7, 11) is 0. The van der Waals surface area contributed by atoms with Gasteiger partial charge in [-0.25, -0.2) is 0 Å². The van der Waals surface area contributed by atoms with Crippen LogP contribution in [0, 0.1) is 5.92 Å². The summed E-state index contributed by atoms with van der Waals surface area (Å²) in [6, 6.07) is 0. The Labute approximate surface area is 75.9 Å². The van der Waals surface area contributed by atoms with Crippen LogP contribution < -0.4 is 0 Å². The molecule has 0 saturated heterocycles. The first-order valence-electron chi connectivity index (χ1n) is 4.21. The third-order valence-electron chi connectivity index (χ3n) is 2.12. The second-order valence-corrected chi connectivity index (χ2v) is 3.29. The summed E-state index contributed by atoms with van der Waals surface area (Å²) in [6.07, 6.45) is 3.46. The molecule has 0 heterocycles. The van der Waals surface area contributed by atoms with Crippen molar-refractivity contribution in [1.82, 2.24) is 0 Å². The van der Waals surface area contributed by atoms with Crippen molar-refractivity contribution in [3.63, 3.8) is 0 Å². The lowest BCUT2D eigenvalue weighted by Gasteiger charge is -1.99. The summed E-state index contributed by atoms with van der Waals surface area (Å²) in [5.74, 6) is -1.63. The molecule has 0 aromatic carbocycles. The van der Waals surface area contributed by atoms with Gasteiger partial charge in [-0.15, -0.1) is 0 Å². The van der Waals surface area contributed by atoms with Gasteiger partial charge in [-0.2, -0.15) is 0 Å². The highest BCUT2D eigenvalue weighted by Crippen LogP contribution is 2.28. The number of aliphatic carboxylic acids is 2. The van der Waals surface area contributed by atoms with Crippen LogP contribution >= 0.6 is 0 Å². The van der Waals surface area contributed by atoms with Crippen LogP contribution in [0.4, 0.5) is 0 Å². The molecule has 0 aromatic rings. The van der Waals surface area contributed by atoms with Crippen molar-refractivity contribution in [3.05, 3.63) is 11.6 Å².